The second-order valence-electron chi connectivity index (χ2n) is 6.28. The molecule has 4 rings (SSSR count). The number of hydrogen-bond acceptors (Lipinski definition) is 4. The normalized spacial score (nSPS) is 12.3. The molecule has 1 aliphatic carbocycles. The first kappa shape index (κ1) is 16.8. The molecule has 0 aliphatic heterocycles. The molecule has 0 atom stereocenters. The van der Waals surface area contributed by atoms with Crippen LogP contribution >= 0.6 is 0 Å². The van der Waals surface area contributed by atoms with E-state index in [1.165, 1.54) is 17.8 Å². The molecule has 3 aromatic rings. The van der Waals surface area contributed by atoms with Crippen LogP contribution in [0.25, 0.3) is 11.1 Å². The lowest BCUT2D eigenvalue weighted by molar-refractivity contribution is 0.0686. The fraction of sp³-hybridized carbons (Fsp3) is 0.150. The van der Waals surface area contributed by atoms with Gasteiger partial charge in [0.2, 0.25) is 5.95 Å². The summed E-state index contributed by atoms with van der Waals surface area (Å²) in [5.74, 6) is -1.05. The highest BCUT2D eigenvalue weighted by molar-refractivity contribution is 5.88. The maximum atomic E-state index is 12.2. The molecule has 0 saturated carbocycles. The third-order valence-corrected chi connectivity index (χ3v) is 4.76. The fourth-order valence-corrected chi connectivity index (χ4v) is 3.45. The van der Waals surface area contributed by atoms with Crippen LogP contribution in [0.4, 0.5) is 10.7 Å². The Kier molecular flexibility index (Phi) is 4.12. The summed E-state index contributed by atoms with van der Waals surface area (Å²) >= 11 is 0. The molecule has 7 nitrogen and oxygen atoms in total. The van der Waals surface area contributed by atoms with Gasteiger partial charge in [0.25, 0.3) is 0 Å². The average molecular weight is 363 g/mol. The zero-order valence-electron chi connectivity index (χ0n) is 14.5. The van der Waals surface area contributed by atoms with Gasteiger partial charge in [0.05, 0.1) is 6.20 Å². The maximum absolute atomic E-state index is 12.2. The third kappa shape index (κ3) is 2.93. The minimum atomic E-state index is -1.12. The van der Waals surface area contributed by atoms with Crippen molar-refractivity contribution in [3.8, 4) is 11.1 Å². The maximum Gasteiger partial charge on any atom is 0.414 e. The summed E-state index contributed by atoms with van der Waals surface area (Å²) in [6.45, 7) is 0.177. The van der Waals surface area contributed by atoms with Gasteiger partial charge >= 0.3 is 12.1 Å². The number of amides is 1. The molecular formula is C20H17N3O4. The number of carbonyl (C=O) groups is 2. The highest BCUT2D eigenvalue weighted by atomic mass is 16.5. The van der Waals surface area contributed by atoms with Gasteiger partial charge in [0, 0.05) is 13.0 Å². The van der Waals surface area contributed by atoms with Crippen molar-refractivity contribution < 1.29 is 19.4 Å². The minimum absolute atomic E-state index is 0.0241. The smallest absolute Gasteiger partial charge is 0.414 e. The van der Waals surface area contributed by atoms with Crippen molar-refractivity contribution in [1.82, 2.24) is 9.55 Å². The van der Waals surface area contributed by atoms with Crippen molar-refractivity contribution in [1.29, 1.82) is 0 Å². The van der Waals surface area contributed by atoms with Gasteiger partial charge in [-0.1, -0.05) is 48.5 Å². The molecule has 1 heterocycles. The van der Waals surface area contributed by atoms with E-state index in [-0.39, 0.29) is 24.2 Å². The Morgan fingerprint density at radius 3 is 2.26 bits per heavy atom. The molecule has 136 valence electrons. The Labute approximate surface area is 155 Å². The number of ether oxygens (including phenoxy) is 1. The molecule has 1 amide bonds. The number of anilines is 1. The van der Waals surface area contributed by atoms with Gasteiger partial charge < -0.3 is 14.4 Å². The number of fused-ring (bicyclic) bond motifs is 3. The predicted molar refractivity (Wildman–Crippen MR) is 98.9 cm³/mol. The van der Waals surface area contributed by atoms with Gasteiger partial charge in [0.1, 0.15) is 12.3 Å². The van der Waals surface area contributed by atoms with Crippen molar-refractivity contribution in [2.75, 3.05) is 11.9 Å². The molecule has 0 spiro atoms. The van der Waals surface area contributed by atoms with E-state index in [4.69, 9.17) is 9.84 Å². The van der Waals surface area contributed by atoms with Crippen molar-refractivity contribution in [2.45, 2.75) is 5.92 Å². The van der Waals surface area contributed by atoms with Gasteiger partial charge in [0.15, 0.2) is 0 Å². The van der Waals surface area contributed by atoms with Crippen LogP contribution in [0.2, 0.25) is 0 Å². The Hall–Kier alpha value is -3.61. The van der Waals surface area contributed by atoms with E-state index in [1.807, 2.05) is 36.4 Å². The van der Waals surface area contributed by atoms with Crippen LogP contribution in [0.15, 0.2) is 54.7 Å². The van der Waals surface area contributed by atoms with E-state index in [2.05, 4.69) is 22.4 Å². The zero-order chi connectivity index (χ0) is 19.0. The van der Waals surface area contributed by atoms with Crippen LogP contribution in [-0.4, -0.2) is 33.3 Å². The quantitative estimate of drug-likeness (QED) is 0.740. The Morgan fingerprint density at radius 2 is 1.70 bits per heavy atom. The molecule has 2 N–H and O–H groups in total. The molecule has 0 unspecified atom stereocenters. The summed E-state index contributed by atoms with van der Waals surface area (Å²) in [5, 5.41) is 11.5. The van der Waals surface area contributed by atoms with Crippen LogP contribution in [0.3, 0.4) is 0 Å². The second kappa shape index (κ2) is 6.60. The first-order chi connectivity index (χ1) is 13.1. The zero-order valence-corrected chi connectivity index (χ0v) is 14.5. The standard InChI is InChI=1S/C20H17N3O4/c1-23-17(18(24)25)10-21-19(23)22-20(26)27-11-16-14-8-4-2-6-12(14)13-7-3-5-9-15(13)16/h2-10,16H,11H2,1H3,(H,24,25)(H,21,22,26). The second-order valence-corrected chi connectivity index (χ2v) is 6.28. The number of carboxylic acids is 1. The fourth-order valence-electron chi connectivity index (χ4n) is 3.45. The van der Waals surface area contributed by atoms with Crippen molar-refractivity contribution in [3.05, 3.63) is 71.5 Å². The molecule has 1 aliphatic rings. The number of carboxylic acid groups (broad SMARTS) is 1. The SMILES string of the molecule is Cn1c(C(=O)O)cnc1NC(=O)OCC1c2ccccc2-c2ccccc21. The molecular weight excluding hydrogens is 346 g/mol. The molecule has 27 heavy (non-hydrogen) atoms. The summed E-state index contributed by atoms with van der Waals surface area (Å²) in [6, 6.07) is 16.1. The van der Waals surface area contributed by atoms with Crippen molar-refractivity contribution in [2.24, 2.45) is 7.05 Å². The number of aromatic carboxylic acids is 1. The average Bonchev–Trinajstić information content (AvgIpc) is 3.18. The first-order valence-corrected chi connectivity index (χ1v) is 8.43. The summed E-state index contributed by atoms with van der Waals surface area (Å²) in [6.07, 6.45) is 0.504. The van der Waals surface area contributed by atoms with E-state index in [0.29, 0.717) is 0 Å². The van der Waals surface area contributed by atoms with Gasteiger partial charge in [-0.3, -0.25) is 5.32 Å². The summed E-state index contributed by atoms with van der Waals surface area (Å²) in [7, 11) is 1.51. The predicted octanol–water partition coefficient (Wildman–Crippen LogP) is 3.48. The van der Waals surface area contributed by atoms with Crippen LogP contribution in [-0.2, 0) is 11.8 Å². The largest absolute Gasteiger partial charge is 0.477 e. The number of carbonyl (C=O) groups excluding carboxylic acids is 1. The lowest BCUT2D eigenvalue weighted by Crippen LogP contribution is -2.20. The summed E-state index contributed by atoms with van der Waals surface area (Å²) in [4.78, 5) is 27.1. The van der Waals surface area contributed by atoms with Crippen LogP contribution < -0.4 is 5.32 Å². The third-order valence-electron chi connectivity index (χ3n) is 4.76. The van der Waals surface area contributed by atoms with E-state index in [1.54, 1.807) is 0 Å². The van der Waals surface area contributed by atoms with Gasteiger partial charge in [-0.2, -0.15) is 0 Å². The molecule has 0 radical (unpaired) electrons. The minimum Gasteiger partial charge on any atom is -0.477 e. The lowest BCUT2D eigenvalue weighted by Gasteiger charge is -2.14. The van der Waals surface area contributed by atoms with Crippen LogP contribution in [0, 0.1) is 0 Å². The summed E-state index contributed by atoms with van der Waals surface area (Å²) < 4.78 is 6.70. The number of nitrogens with one attached hydrogen (secondary N) is 1. The van der Waals surface area contributed by atoms with E-state index >= 15 is 0 Å². The topological polar surface area (TPSA) is 93.5 Å². The molecule has 1 aromatic heterocycles. The lowest BCUT2D eigenvalue weighted by atomic mass is 9.98. The Morgan fingerprint density at radius 1 is 1.11 bits per heavy atom. The van der Waals surface area contributed by atoms with Crippen molar-refractivity contribution in [3.63, 3.8) is 0 Å². The molecule has 0 saturated heterocycles. The molecule has 0 bridgehead atoms. The molecule has 2 aromatic carbocycles. The first-order valence-electron chi connectivity index (χ1n) is 8.43. The van der Waals surface area contributed by atoms with E-state index in [0.717, 1.165) is 22.3 Å². The van der Waals surface area contributed by atoms with Crippen LogP contribution in [0.5, 0.6) is 0 Å². The van der Waals surface area contributed by atoms with E-state index < -0.39 is 12.1 Å². The van der Waals surface area contributed by atoms with Gasteiger partial charge in [-0.15, -0.1) is 0 Å². The van der Waals surface area contributed by atoms with Crippen LogP contribution in [0.1, 0.15) is 27.5 Å². The summed E-state index contributed by atoms with van der Waals surface area (Å²) in [5.41, 5.74) is 4.52. The Bertz CT molecular complexity index is 996. The highest BCUT2D eigenvalue weighted by Crippen LogP contribution is 2.44. The Balaban J connectivity index is 1.49. The van der Waals surface area contributed by atoms with Gasteiger partial charge in [-0.25, -0.2) is 14.6 Å². The molecule has 0 fully saturated rings. The number of imidazole rings is 1. The number of rotatable bonds is 4. The highest BCUT2D eigenvalue weighted by Gasteiger charge is 2.29. The number of hydrogen-bond donors (Lipinski definition) is 2. The van der Waals surface area contributed by atoms with Crippen molar-refractivity contribution >= 4 is 18.0 Å². The number of nitrogens with zero attached hydrogens (tertiary/aromatic N) is 2. The number of aromatic nitrogens is 2. The number of benzene rings is 2. The molecule has 7 heteroatoms. The monoisotopic (exact) mass is 363 g/mol. The van der Waals surface area contributed by atoms with Gasteiger partial charge in [-0.05, 0) is 22.3 Å². The van der Waals surface area contributed by atoms with E-state index in [9.17, 15) is 9.59 Å².